The Morgan fingerprint density at radius 3 is 2.83 bits per heavy atom. The van der Waals surface area contributed by atoms with Crippen LogP contribution in [0.25, 0.3) is 11.3 Å². The molecular weight excluding hydrogens is 408 g/mol. The van der Waals surface area contributed by atoms with Crippen LogP contribution in [0.3, 0.4) is 0 Å². The highest BCUT2D eigenvalue weighted by atomic mass is 35.5. The average Bonchev–Trinajstić information content (AvgIpc) is 3.04. The number of carbonyl (C=O) groups excluding carboxylic acids is 2. The van der Waals surface area contributed by atoms with E-state index in [9.17, 15) is 9.59 Å². The third-order valence-electron chi connectivity index (χ3n) is 4.82. The molecule has 1 atom stereocenters. The maximum absolute atomic E-state index is 13.0. The van der Waals surface area contributed by atoms with Gasteiger partial charge in [-0.05, 0) is 43.5 Å². The Hall–Kier alpha value is -2.77. The molecule has 1 aliphatic rings. The molecule has 8 heteroatoms. The molecular formula is C21H19ClN4O2S. The lowest BCUT2D eigenvalue weighted by Crippen LogP contribution is -2.35. The van der Waals surface area contributed by atoms with E-state index in [0.29, 0.717) is 22.2 Å². The van der Waals surface area contributed by atoms with E-state index in [1.807, 2.05) is 55.6 Å². The van der Waals surface area contributed by atoms with Crippen LogP contribution < -0.4 is 10.6 Å². The van der Waals surface area contributed by atoms with Crippen molar-refractivity contribution in [3.8, 4) is 11.3 Å². The summed E-state index contributed by atoms with van der Waals surface area (Å²) in [7, 11) is 0. The summed E-state index contributed by atoms with van der Waals surface area (Å²) < 4.78 is 1.60. The zero-order chi connectivity index (χ0) is 20.5. The van der Waals surface area contributed by atoms with Crippen molar-refractivity contribution < 1.29 is 9.59 Å². The van der Waals surface area contributed by atoms with Gasteiger partial charge in [0, 0.05) is 26.7 Å². The summed E-state index contributed by atoms with van der Waals surface area (Å²) in [6, 6.07) is 14.2. The van der Waals surface area contributed by atoms with Crippen LogP contribution in [0.5, 0.6) is 0 Å². The van der Waals surface area contributed by atoms with Crippen molar-refractivity contribution in [2.24, 2.45) is 0 Å². The number of nitrogens with zero attached hydrogens (tertiary/aromatic N) is 2. The van der Waals surface area contributed by atoms with Gasteiger partial charge in [0.1, 0.15) is 11.9 Å². The molecule has 6 nitrogen and oxygen atoms in total. The fourth-order valence-corrected chi connectivity index (χ4v) is 4.03. The number of aromatic nitrogens is 2. The highest BCUT2D eigenvalue weighted by Crippen LogP contribution is 2.35. The zero-order valence-electron chi connectivity index (χ0n) is 15.9. The smallest absolute Gasteiger partial charge is 0.249 e. The van der Waals surface area contributed by atoms with Gasteiger partial charge < -0.3 is 10.6 Å². The molecule has 1 aromatic heterocycles. The molecule has 2 N–H and O–H groups in total. The molecule has 29 heavy (non-hydrogen) atoms. The molecule has 4 rings (SSSR count). The standard InChI is InChI=1S/C21H19ClN4O2S/c1-12-19(13-5-3-6-14(22)9-13)25-26-17(11-18(27)24-20(12)26)21(28)23-15-7-4-8-16(10-15)29-2/h3-10,17H,11H2,1-2H3,(H,23,28)(H,24,27)/t17-/m1/s1. The monoisotopic (exact) mass is 426 g/mol. The number of halogens is 1. The summed E-state index contributed by atoms with van der Waals surface area (Å²) in [5.74, 6) is 0.0462. The third kappa shape index (κ3) is 3.88. The van der Waals surface area contributed by atoms with E-state index in [2.05, 4.69) is 15.7 Å². The molecule has 0 saturated heterocycles. The summed E-state index contributed by atoms with van der Waals surface area (Å²) in [4.78, 5) is 26.3. The predicted octanol–water partition coefficient (Wildman–Crippen LogP) is 4.76. The van der Waals surface area contributed by atoms with Crippen molar-refractivity contribution in [2.75, 3.05) is 16.9 Å². The fraction of sp³-hybridized carbons (Fsp3) is 0.190. The quantitative estimate of drug-likeness (QED) is 0.590. The molecule has 0 fully saturated rings. The van der Waals surface area contributed by atoms with Crippen molar-refractivity contribution in [1.29, 1.82) is 0 Å². The molecule has 2 amide bonds. The second kappa shape index (κ2) is 7.93. The lowest BCUT2D eigenvalue weighted by molar-refractivity contribution is -0.125. The number of hydrogen-bond acceptors (Lipinski definition) is 4. The molecule has 0 saturated carbocycles. The van der Waals surface area contributed by atoms with Crippen LogP contribution >= 0.6 is 23.4 Å². The van der Waals surface area contributed by atoms with Crippen LogP contribution in [0.15, 0.2) is 53.4 Å². The van der Waals surface area contributed by atoms with Crippen LogP contribution in [-0.2, 0) is 9.59 Å². The van der Waals surface area contributed by atoms with Crippen LogP contribution in [0.2, 0.25) is 5.02 Å². The molecule has 3 aromatic rings. The minimum absolute atomic E-state index is 0.0250. The van der Waals surface area contributed by atoms with Gasteiger partial charge in [-0.3, -0.25) is 9.59 Å². The fourth-order valence-electron chi connectivity index (χ4n) is 3.38. The Labute approximate surface area is 177 Å². The number of rotatable bonds is 4. The Balaban J connectivity index is 1.69. The van der Waals surface area contributed by atoms with E-state index in [0.717, 1.165) is 16.0 Å². The Morgan fingerprint density at radius 1 is 1.28 bits per heavy atom. The van der Waals surface area contributed by atoms with Gasteiger partial charge in [-0.1, -0.05) is 29.8 Å². The first kappa shape index (κ1) is 19.5. The van der Waals surface area contributed by atoms with Crippen molar-refractivity contribution in [3.05, 3.63) is 59.1 Å². The van der Waals surface area contributed by atoms with Crippen LogP contribution in [-0.4, -0.2) is 27.9 Å². The van der Waals surface area contributed by atoms with Crippen molar-refractivity contribution in [2.45, 2.75) is 24.3 Å². The Bertz CT molecular complexity index is 1110. The Morgan fingerprint density at radius 2 is 2.07 bits per heavy atom. The first-order valence-electron chi connectivity index (χ1n) is 9.06. The van der Waals surface area contributed by atoms with Gasteiger partial charge >= 0.3 is 0 Å². The summed E-state index contributed by atoms with van der Waals surface area (Å²) >= 11 is 7.72. The van der Waals surface area contributed by atoms with Gasteiger partial charge in [0.25, 0.3) is 0 Å². The lowest BCUT2D eigenvalue weighted by Gasteiger charge is -2.24. The molecule has 0 radical (unpaired) electrons. The normalized spacial score (nSPS) is 15.6. The average molecular weight is 427 g/mol. The van der Waals surface area contributed by atoms with Crippen molar-refractivity contribution >= 4 is 46.7 Å². The van der Waals surface area contributed by atoms with Crippen molar-refractivity contribution in [1.82, 2.24) is 9.78 Å². The molecule has 148 valence electrons. The SMILES string of the molecule is CSc1cccc(NC(=O)[C@H]2CC(=O)Nc3c(C)c(-c4cccc(Cl)c4)nn32)c1. The van der Waals surface area contributed by atoms with E-state index >= 15 is 0 Å². The minimum atomic E-state index is -0.733. The molecule has 0 unspecified atom stereocenters. The minimum Gasteiger partial charge on any atom is -0.324 e. The first-order valence-corrected chi connectivity index (χ1v) is 10.7. The number of hydrogen-bond donors (Lipinski definition) is 2. The summed E-state index contributed by atoms with van der Waals surface area (Å²) in [5, 5.41) is 11.0. The number of anilines is 2. The molecule has 2 heterocycles. The van der Waals surface area contributed by atoms with Gasteiger partial charge in [-0.15, -0.1) is 11.8 Å². The predicted molar refractivity (Wildman–Crippen MR) is 117 cm³/mol. The first-order chi connectivity index (χ1) is 14.0. The number of thioether (sulfide) groups is 1. The number of amides is 2. The zero-order valence-corrected chi connectivity index (χ0v) is 17.5. The largest absolute Gasteiger partial charge is 0.324 e. The van der Waals surface area contributed by atoms with E-state index < -0.39 is 6.04 Å². The topological polar surface area (TPSA) is 76.0 Å². The van der Waals surface area contributed by atoms with Crippen molar-refractivity contribution in [3.63, 3.8) is 0 Å². The number of fused-ring (bicyclic) bond motifs is 1. The highest BCUT2D eigenvalue weighted by Gasteiger charge is 2.34. The maximum atomic E-state index is 13.0. The second-order valence-electron chi connectivity index (χ2n) is 6.77. The van der Waals surface area contributed by atoms with Crippen LogP contribution in [0.4, 0.5) is 11.5 Å². The summed E-state index contributed by atoms with van der Waals surface area (Å²) in [6.45, 7) is 1.87. The van der Waals surface area contributed by atoms with Gasteiger partial charge in [-0.2, -0.15) is 5.10 Å². The second-order valence-corrected chi connectivity index (χ2v) is 8.08. The molecule has 1 aliphatic heterocycles. The number of carbonyl (C=O) groups is 2. The van der Waals surface area contributed by atoms with E-state index in [1.165, 1.54) is 0 Å². The molecule has 0 spiro atoms. The molecule has 0 bridgehead atoms. The molecule has 2 aromatic carbocycles. The van der Waals surface area contributed by atoms with Gasteiger partial charge in [0.15, 0.2) is 0 Å². The van der Waals surface area contributed by atoms with E-state index in [-0.39, 0.29) is 18.2 Å². The highest BCUT2D eigenvalue weighted by molar-refractivity contribution is 7.98. The van der Waals surface area contributed by atoms with E-state index in [1.54, 1.807) is 22.5 Å². The molecule has 0 aliphatic carbocycles. The maximum Gasteiger partial charge on any atom is 0.249 e. The number of benzene rings is 2. The van der Waals surface area contributed by atoms with Gasteiger partial charge in [0.05, 0.1) is 12.1 Å². The Kier molecular flexibility index (Phi) is 5.34. The van der Waals surface area contributed by atoms with Crippen LogP contribution in [0.1, 0.15) is 18.0 Å². The van der Waals surface area contributed by atoms with E-state index in [4.69, 9.17) is 11.6 Å². The number of nitrogens with one attached hydrogen (secondary N) is 2. The van der Waals surface area contributed by atoms with Gasteiger partial charge in [0.2, 0.25) is 11.8 Å². The summed E-state index contributed by atoms with van der Waals surface area (Å²) in [5.41, 5.74) is 3.00. The van der Waals surface area contributed by atoms with Gasteiger partial charge in [-0.25, -0.2) is 4.68 Å². The third-order valence-corrected chi connectivity index (χ3v) is 5.78. The summed E-state index contributed by atoms with van der Waals surface area (Å²) in [6.07, 6.45) is 2.00. The lowest BCUT2D eigenvalue weighted by atomic mass is 10.1. The van der Waals surface area contributed by atoms with Crippen LogP contribution in [0, 0.1) is 6.92 Å².